The Labute approximate surface area is 150 Å². The van der Waals surface area contributed by atoms with E-state index in [1.54, 1.807) is 11.8 Å². The predicted octanol–water partition coefficient (Wildman–Crippen LogP) is 5.97. The van der Waals surface area contributed by atoms with E-state index in [4.69, 9.17) is 0 Å². The Morgan fingerprint density at radius 2 is 1.50 bits per heavy atom. The molecular formula is C21H27NOS. The molecule has 0 saturated carbocycles. The van der Waals surface area contributed by atoms with Crippen LogP contribution in [-0.4, -0.2) is 11.7 Å². The third kappa shape index (κ3) is 4.88. The highest BCUT2D eigenvalue weighted by molar-refractivity contribution is 8.00. The number of hydrogen-bond acceptors (Lipinski definition) is 2. The van der Waals surface area contributed by atoms with Crippen LogP contribution in [0.5, 0.6) is 0 Å². The van der Waals surface area contributed by atoms with Crippen molar-refractivity contribution in [2.45, 2.75) is 51.3 Å². The first kappa shape index (κ1) is 18.6. The number of benzene rings is 2. The summed E-state index contributed by atoms with van der Waals surface area (Å²) >= 11 is 1.57. The number of carbonyl (C=O) groups is 1. The molecule has 0 bridgehead atoms. The first-order valence-corrected chi connectivity index (χ1v) is 9.49. The lowest BCUT2D eigenvalue weighted by Crippen LogP contribution is -2.17. The fourth-order valence-corrected chi connectivity index (χ4v) is 3.35. The lowest BCUT2D eigenvalue weighted by Gasteiger charge is -2.20. The maximum absolute atomic E-state index is 12.5. The predicted molar refractivity (Wildman–Crippen MR) is 105 cm³/mol. The van der Waals surface area contributed by atoms with Gasteiger partial charge in [0.2, 0.25) is 5.91 Å². The van der Waals surface area contributed by atoms with Crippen LogP contribution in [-0.2, 0) is 4.79 Å². The first-order valence-electron chi connectivity index (χ1n) is 8.50. The van der Waals surface area contributed by atoms with Crippen molar-refractivity contribution < 1.29 is 4.79 Å². The molecule has 128 valence electrons. The van der Waals surface area contributed by atoms with Gasteiger partial charge in [0.15, 0.2) is 0 Å². The van der Waals surface area contributed by atoms with Gasteiger partial charge >= 0.3 is 0 Å². The highest BCUT2D eigenvalue weighted by atomic mass is 32.2. The quantitative estimate of drug-likeness (QED) is 0.656. The minimum Gasteiger partial charge on any atom is -0.325 e. The van der Waals surface area contributed by atoms with Crippen molar-refractivity contribution in [2.24, 2.45) is 0 Å². The van der Waals surface area contributed by atoms with Gasteiger partial charge in [0.1, 0.15) is 0 Å². The molecule has 2 aromatic carbocycles. The smallest absolute Gasteiger partial charge is 0.234 e. The van der Waals surface area contributed by atoms with Gasteiger partial charge in [-0.2, -0.15) is 0 Å². The molecule has 0 saturated heterocycles. The molecule has 0 unspecified atom stereocenters. The second kappa shape index (κ2) is 8.39. The van der Waals surface area contributed by atoms with E-state index in [9.17, 15) is 4.79 Å². The maximum Gasteiger partial charge on any atom is 0.234 e. The third-order valence-electron chi connectivity index (χ3n) is 4.03. The molecule has 0 aliphatic rings. The molecule has 0 atom stereocenters. The van der Waals surface area contributed by atoms with Crippen molar-refractivity contribution in [2.75, 3.05) is 11.1 Å². The summed E-state index contributed by atoms with van der Waals surface area (Å²) in [5, 5.41) is 3.16. The van der Waals surface area contributed by atoms with Crippen LogP contribution in [0.1, 0.15) is 56.2 Å². The highest BCUT2D eigenvalue weighted by Crippen LogP contribution is 2.32. The molecule has 0 heterocycles. The van der Waals surface area contributed by atoms with E-state index in [1.165, 1.54) is 16.7 Å². The summed E-state index contributed by atoms with van der Waals surface area (Å²) in [6.45, 7) is 10.7. The average molecular weight is 342 g/mol. The number of anilines is 1. The number of amides is 1. The van der Waals surface area contributed by atoms with Gasteiger partial charge in [0, 0.05) is 10.6 Å². The standard InChI is InChI=1S/C21H27NOS/c1-14(2)18-7-6-8-19(15(3)4)21(18)22-20(23)13-24-17-11-9-16(5)10-12-17/h6-12,14-15H,13H2,1-5H3,(H,22,23). The zero-order chi connectivity index (χ0) is 17.7. The Morgan fingerprint density at radius 3 is 2.00 bits per heavy atom. The number of rotatable bonds is 6. The largest absolute Gasteiger partial charge is 0.325 e. The minimum absolute atomic E-state index is 0.0515. The molecule has 0 aromatic heterocycles. The van der Waals surface area contributed by atoms with Crippen molar-refractivity contribution in [1.29, 1.82) is 0 Å². The zero-order valence-corrected chi connectivity index (χ0v) is 16.0. The summed E-state index contributed by atoms with van der Waals surface area (Å²) in [6.07, 6.45) is 0. The summed E-state index contributed by atoms with van der Waals surface area (Å²) in [4.78, 5) is 13.6. The SMILES string of the molecule is Cc1ccc(SCC(=O)Nc2c(C(C)C)cccc2C(C)C)cc1. The monoisotopic (exact) mass is 341 g/mol. The van der Waals surface area contributed by atoms with Crippen LogP contribution < -0.4 is 5.32 Å². The Morgan fingerprint density at radius 1 is 0.958 bits per heavy atom. The summed E-state index contributed by atoms with van der Waals surface area (Å²) < 4.78 is 0. The minimum atomic E-state index is 0.0515. The lowest BCUT2D eigenvalue weighted by atomic mass is 9.92. The van der Waals surface area contributed by atoms with Crippen molar-refractivity contribution in [3.63, 3.8) is 0 Å². The van der Waals surface area contributed by atoms with Crippen LogP contribution in [0.3, 0.4) is 0 Å². The van der Waals surface area contributed by atoms with Crippen LogP contribution in [0.25, 0.3) is 0 Å². The molecule has 0 aliphatic heterocycles. The van der Waals surface area contributed by atoms with E-state index in [0.29, 0.717) is 17.6 Å². The number of para-hydroxylation sites is 1. The van der Waals surface area contributed by atoms with Crippen LogP contribution in [0.4, 0.5) is 5.69 Å². The van der Waals surface area contributed by atoms with Gasteiger partial charge in [-0.15, -0.1) is 11.8 Å². The Kier molecular flexibility index (Phi) is 6.50. The average Bonchev–Trinajstić information content (AvgIpc) is 2.54. The molecule has 0 fully saturated rings. The number of aryl methyl sites for hydroxylation is 1. The van der Waals surface area contributed by atoms with E-state index >= 15 is 0 Å². The Bertz CT molecular complexity index is 663. The molecular weight excluding hydrogens is 314 g/mol. The molecule has 3 heteroatoms. The van der Waals surface area contributed by atoms with E-state index in [0.717, 1.165) is 10.6 Å². The normalized spacial score (nSPS) is 11.1. The number of nitrogens with one attached hydrogen (secondary N) is 1. The van der Waals surface area contributed by atoms with Crippen molar-refractivity contribution in [3.05, 3.63) is 59.2 Å². The zero-order valence-electron chi connectivity index (χ0n) is 15.2. The molecule has 0 radical (unpaired) electrons. The molecule has 0 aliphatic carbocycles. The van der Waals surface area contributed by atoms with Gasteiger partial charge in [-0.3, -0.25) is 4.79 Å². The van der Waals surface area contributed by atoms with E-state index in [1.807, 2.05) is 0 Å². The Hall–Kier alpha value is -1.74. The van der Waals surface area contributed by atoms with Gasteiger partial charge in [-0.25, -0.2) is 0 Å². The number of carbonyl (C=O) groups excluding carboxylic acids is 1. The van der Waals surface area contributed by atoms with E-state index in [-0.39, 0.29) is 5.91 Å². The highest BCUT2D eigenvalue weighted by Gasteiger charge is 2.16. The Balaban J connectivity index is 2.11. The lowest BCUT2D eigenvalue weighted by molar-refractivity contribution is -0.113. The van der Waals surface area contributed by atoms with Gasteiger partial charge in [-0.1, -0.05) is 63.6 Å². The van der Waals surface area contributed by atoms with Crippen LogP contribution in [0.2, 0.25) is 0 Å². The third-order valence-corrected chi connectivity index (χ3v) is 5.04. The second-order valence-corrected chi connectivity index (χ2v) is 7.82. The number of hydrogen-bond donors (Lipinski definition) is 1. The molecule has 1 N–H and O–H groups in total. The maximum atomic E-state index is 12.5. The van der Waals surface area contributed by atoms with Gasteiger partial charge in [0.25, 0.3) is 0 Å². The molecule has 2 rings (SSSR count). The molecule has 2 nitrogen and oxygen atoms in total. The van der Waals surface area contributed by atoms with Crippen molar-refractivity contribution in [1.82, 2.24) is 0 Å². The topological polar surface area (TPSA) is 29.1 Å². The summed E-state index contributed by atoms with van der Waals surface area (Å²) in [5.74, 6) is 1.23. The molecule has 2 aromatic rings. The van der Waals surface area contributed by atoms with Crippen LogP contribution in [0, 0.1) is 6.92 Å². The van der Waals surface area contributed by atoms with Crippen LogP contribution in [0.15, 0.2) is 47.4 Å². The second-order valence-electron chi connectivity index (χ2n) is 6.77. The van der Waals surface area contributed by atoms with E-state index in [2.05, 4.69) is 82.4 Å². The van der Waals surface area contributed by atoms with Crippen molar-refractivity contribution >= 4 is 23.4 Å². The summed E-state index contributed by atoms with van der Waals surface area (Å²) in [5.41, 5.74) is 4.64. The van der Waals surface area contributed by atoms with Crippen LogP contribution >= 0.6 is 11.8 Å². The van der Waals surface area contributed by atoms with E-state index < -0.39 is 0 Å². The fourth-order valence-electron chi connectivity index (χ4n) is 2.65. The molecule has 0 spiro atoms. The summed E-state index contributed by atoms with van der Waals surface area (Å²) in [7, 11) is 0. The molecule has 24 heavy (non-hydrogen) atoms. The van der Waals surface area contributed by atoms with Gasteiger partial charge in [0.05, 0.1) is 5.75 Å². The summed E-state index contributed by atoms with van der Waals surface area (Å²) in [6, 6.07) is 14.6. The van der Waals surface area contributed by atoms with Gasteiger partial charge in [-0.05, 0) is 42.0 Å². The van der Waals surface area contributed by atoms with Gasteiger partial charge < -0.3 is 5.32 Å². The molecule has 1 amide bonds. The fraction of sp³-hybridized carbons (Fsp3) is 0.381. The van der Waals surface area contributed by atoms with Crippen molar-refractivity contribution in [3.8, 4) is 0 Å². The first-order chi connectivity index (χ1) is 11.4. The number of thioether (sulfide) groups is 1.